The van der Waals surface area contributed by atoms with Crippen LogP contribution in [0.15, 0.2) is 53.4 Å². The van der Waals surface area contributed by atoms with Gasteiger partial charge in [0.15, 0.2) is 0 Å². The number of alkyl carbamates (subject to hydrolysis) is 1. The third-order valence-corrected chi connectivity index (χ3v) is 14.1. The number of carbonyl (C=O) groups is 4. The van der Waals surface area contributed by atoms with Crippen LogP contribution >= 0.6 is 11.8 Å². The molecule has 0 unspecified atom stereocenters. The highest BCUT2D eigenvalue weighted by Gasteiger charge is 2.42. The Balaban J connectivity index is 1.23. The molecule has 0 aromatic heterocycles. The molecule has 60 heavy (non-hydrogen) atoms. The minimum absolute atomic E-state index is 0.00847. The first-order valence-electron chi connectivity index (χ1n) is 19.7. The van der Waals surface area contributed by atoms with E-state index in [1.54, 1.807) is 27.7 Å². The Hall–Kier alpha value is -5.29. The summed E-state index contributed by atoms with van der Waals surface area (Å²) in [5.74, 6) is -2.21. The molecule has 3 amide bonds. The fraction of sp³-hybridized carbons (Fsp3) is 0.465. The molecular weight excluding hydrogens is 809 g/mol. The summed E-state index contributed by atoms with van der Waals surface area (Å²) in [5.41, 5.74) is 6.24. The summed E-state index contributed by atoms with van der Waals surface area (Å²) in [5, 5.41) is 26.7. The summed E-state index contributed by atoms with van der Waals surface area (Å²) in [6.07, 6.45) is -0.271. The number of hydrogen-bond acceptors (Lipinski definition) is 10. The predicted molar refractivity (Wildman–Crippen MR) is 231 cm³/mol. The van der Waals surface area contributed by atoms with E-state index in [1.165, 1.54) is 25.7 Å². The monoisotopic (exact) mass is 864 g/mol. The van der Waals surface area contributed by atoms with Gasteiger partial charge in [-0.2, -0.15) is 0 Å². The molecule has 0 spiro atoms. The van der Waals surface area contributed by atoms with Gasteiger partial charge in [-0.1, -0.05) is 48.5 Å². The van der Waals surface area contributed by atoms with Crippen molar-refractivity contribution in [3.05, 3.63) is 81.9 Å². The smallest absolute Gasteiger partial charge is 0.407 e. The minimum atomic E-state index is -4.18. The van der Waals surface area contributed by atoms with E-state index in [0.29, 0.717) is 28.9 Å². The molecule has 0 fully saturated rings. The number of carboxylic acid groups (broad SMARTS) is 1. The number of carbonyl (C=O) groups excluding carboxylic acids is 3. The number of carboxylic acids is 1. The van der Waals surface area contributed by atoms with E-state index in [9.17, 15) is 32.7 Å². The number of ether oxygens (including phenoxy) is 2. The van der Waals surface area contributed by atoms with Crippen molar-refractivity contribution in [3.8, 4) is 16.9 Å². The SMILES string of the molecule is CC(=O)NCSC(C)(C)[C@H](NC(=O)OCC1c2ccccc2-c2ccccc21)C(=O)N(C)[C@@H](CCCNC(=N)NS(=O)(=O)c1c(C)c(C)c2c(c1C)CC(C)(C)O2)C(=O)O. The van der Waals surface area contributed by atoms with E-state index in [4.69, 9.17) is 14.9 Å². The lowest BCUT2D eigenvalue weighted by molar-refractivity contribution is -0.150. The summed E-state index contributed by atoms with van der Waals surface area (Å²) >= 11 is 1.19. The molecule has 0 bridgehead atoms. The van der Waals surface area contributed by atoms with Gasteiger partial charge in [0.2, 0.25) is 17.8 Å². The number of sulfonamides is 1. The highest BCUT2D eigenvalue weighted by Crippen LogP contribution is 2.45. The fourth-order valence-corrected chi connectivity index (χ4v) is 10.4. The van der Waals surface area contributed by atoms with Gasteiger partial charge in [0.05, 0.1) is 10.8 Å². The summed E-state index contributed by atoms with van der Waals surface area (Å²) in [6, 6.07) is 13.1. The largest absolute Gasteiger partial charge is 0.487 e. The predicted octanol–water partition coefficient (Wildman–Crippen LogP) is 5.33. The Morgan fingerprint density at radius 2 is 1.60 bits per heavy atom. The van der Waals surface area contributed by atoms with Crippen molar-refractivity contribution in [2.24, 2.45) is 0 Å². The van der Waals surface area contributed by atoms with Crippen molar-refractivity contribution in [2.75, 3.05) is 26.1 Å². The van der Waals surface area contributed by atoms with Gasteiger partial charge >= 0.3 is 12.1 Å². The van der Waals surface area contributed by atoms with Crippen LogP contribution in [-0.2, 0) is 35.6 Å². The number of fused-ring (bicyclic) bond motifs is 4. The zero-order chi connectivity index (χ0) is 44.3. The summed E-state index contributed by atoms with van der Waals surface area (Å²) < 4.78 is 40.3. The molecule has 0 saturated heterocycles. The molecule has 0 saturated carbocycles. The molecule has 2 atom stereocenters. The van der Waals surface area contributed by atoms with Crippen LogP contribution in [-0.4, -0.2) is 96.8 Å². The molecule has 17 heteroatoms. The lowest BCUT2D eigenvalue weighted by atomic mass is 9.94. The molecule has 324 valence electrons. The molecule has 3 aromatic carbocycles. The first-order valence-corrected chi connectivity index (χ1v) is 22.2. The third-order valence-electron chi connectivity index (χ3n) is 11.2. The normalized spacial score (nSPS) is 15.0. The average molecular weight is 865 g/mol. The van der Waals surface area contributed by atoms with Crippen molar-refractivity contribution in [2.45, 2.75) is 108 Å². The van der Waals surface area contributed by atoms with Crippen LogP contribution < -0.4 is 25.4 Å². The first-order chi connectivity index (χ1) is 28.1. The zero-order valence-corrected chi connectivity index (χ0v) is 37.2. The zero-order valence-electron chi connectivity index (χ0n) is 35.6. The molecule has 5 rings (SSSR count). The van der Waals surface area contributed by atoms with Crippen molar-refractivity contribution in [1.82, 2.24) is 25.6 Å². The highest BCUT2D eigenvalue weighted by molar-refractivity contribution is 8.00. The molecule has 1 aliphatic carbocycles. The topological polar surface area (TPSA) is 216 Å². The van der Waals surface area contributed by atoms with E-state index >= 15 is 0 Å². The van der Waals surface area contributed by atoms with Crippen molar-refractivity contribution in [1.29, 1.82) is 5.41 Å². The second-order valence-electron chi connectivity index (χ2n) is 16.4. The van der Waals surface area contributed by atoms with Gasteiger partial charge in [0.1, 0.15) is 30.0 Å². The number of guanidine groups is 1. The van der Waals surface area contributed by atoms with Crippen molar-refractivity contribution in [3.63, 3.8) is 0 Å². The number of nitrogens with one attached hydrogen (secondary N) is 5. The van der Waals surface area contributed by atoms with E-state index < -0.39 is 56.4 Å². The molecule has 3 aromatic rings. The third kappa shape index (κ3) is 10.0. The Morgan fingerprint density at radius 3 is 2.18 bits per heavy atom. The standard InChI is InChI=1S/C43H56N6O9S2/c1-24-25(2)36(26(3)32-21-42(5,6)58-35(24)32)60(55,56)48-40(44)45-20-14-19-34(39(52)53)49(9)38(51)37(43(7,8)59-23-46-27(4)50)47-41(54)57-22-33-30-17-12-10-15-28(30)29-16-11-13-18-31(29)33/h10-13,15-18,33-34,37H,14,19-23H2,1-9H3,(H,46,50)(H,47,54)(H,52,53)(H3,44,45,48)/t34-,37+/m0/s1. The fourth-order valence-electron chi connectivity index (χ4n) is 7.92. The van der Waals surface area contributed by atoms with Crippen LogP contribution in [0.4, 0.5) is 4.79 Å². The number of thioether (sulfide) groups is 1. The number of benzene rings is 3. The van der Waals surface area contributed by atoms with E-state index in [1.807, 2.05) is 69.3 Å². The van der Waals surface area contributed by atoms with Gasteiger partial charge in [-0.05, 0) is 100 Å². The van der Waals surface area contributed by atoms with E-state index in [-0.39, 0.29) is 48.6 Å². The van der Waals surface area contributed by atoms with Crippen LogP contribution in [0.25, 0.3) is 11.1 Å². The number of aliphatic carboxylic acids is 1. The minimum Gasteiger partial charge on any atom is -0.487 e. The van der Waals surface area contributed by atoms with Crippen LogP contribution in [0.1, 0.15) is 86.8 Å². The molecular formula is C43H56N6O9S2. The maximum atomic E-state index is 14.2. The van der Waals surface area contributed by atoms with Gasteiger partial charge in [0.25, 0.3) is 10.0 Å². The van der Waals surface area contributed by atoms with Gasteiger partial charge in [-0.3, -0.25) is 15.0 Å². The average Bonchev–Trinajstić information content (AvgIpc) is 3.67. The van der Waals surface area contributed by atoms with Gasteiger partial charge < -0.3 is 35.4 Å². The number of likely N-dealkylation sites (N-methyl/N-ethyl adjacent to an activating group) is 1. The number of rotatable bonds is 16. The van der Waals surface area contributed by atoms with Crippen LogP contribution in [0.5, 0.6) is 5.75 Å². The maximum absolute atomic E-state index is 14.2. The van der Waals surface area contributed by atoms with Crippen LogP contribution in [0.2, 0.25) is 0 Å². The second kappa shape index (κ2) is 18.1. The van der Waals surface area contributed by atoms with Gasteiger partial charge in [-0.25, -0.2) is 22.7 Å². The Bertz CT molecular complexity index is 2250. The number of hydrogen-bond donors (Lipinski definition) is 6. The molecule has 0 radical (unpaired) electrons. The van der Waals surface area contributed by atoms with Gasteiger partial charge in [-0.15, -0.1) is 11.8 Å². The Kier molecular flexibility index (Phi) is 13.8. The van der Waals surface area contributed by atoms with E-state index in [0.717, 1.165) is 32.7 Å². The Labute approximate surface area is 356 Å². The summed E-state index contributed by atoms with van der Waals surface area (Å²) in [4.78, 5) is 53.1. The molecule has 2 aliphatic rings. The molecule has 1 aliphatic heterocycles. The van der Waals surface area contributed by atoms with E-state index in [2.05, 4.69) is 20.7 Å². The van der Waals surface area contributed by atoms with Crippen molar-refractivity contribution >= 4 is 51.6 Å². The first kappa shape index (κ1) is 45.8. The number of amides is 3. The lowest BCUT2D eigenvalue weighted by Crippen LogP contribution is -2.59. The summed E-state index contributed by atoms with van der Waals surface area (Å²) in [6.45, 7) is 13.9. The number of nitrogens with zero attached hydrogens (tertiary/aromatic N) is 1. The van der Waals surface area contributed by atoms with Crippen LogP contribution in [0, 0.1) is 26.2 Å². The second-order valence-corrected chi connectivity index (χ2v) is 19.7. The maximum Gasteiger partial charge on any atom is 0.407 e. The van der Waals surface area contributed by atoms with Gasteiger partial charge in [0, 0.05) is 43.2 Å². The highest BCUT2D eigenvalue weighted by atomic mass is 32.2. The molecule has 6 N–H and O–H groups in total. The summed E-state index contributed by atoms with van der Waals surface area (Å²) in [7, 11) is -2.85. The Morgan fingerprint density at radius 1 is 1.00 bits per heavy atom. The molecule has 15 nitrogen and oxygen atoms in total. The van der Waals surface area contributed by atoms with Crippen molar-refractivity contribution < 1.29 is 42.2 Å². The molecule has 1 heterocycles. The lowest BCUT2D eigenvalue weighted by Gasteiger charge is -2.37. The van der Waals surface area contributed by atoms with Crippen LogP contribution in [0.3, 0.4) is 0 Å². The quantitative estimate of drug-likeness (QED) is 0.0468.